The smallest absolute Gasteiger partial charge is 0.284 e. The average Bonchev–Trinajstić information content (AvgIpc) is 2.94. The molecule has 0 spiro atoms. The summed E-state index contributed by atoms with van der Waals surface area (Å²) in [4.78, 5) is 13.1. The predicted molar refractivity (Wildman–Crippen MR) is 112 cm³/mol. The lowest BCUT2D eigenvalue weighted by Gasteiger charge is -2.22. The third-order valence-corrected chi connectivity index (χ3v) is 4.84. The van der Waals surface area contributed by atoms with Crippen LogP contribution in [0.4, 0.5) is 5.69 Å². The van der Waals surface area contributed by atoms with Crippen LogP contribution in [0.1, 0.15) is 12.5 Å². The van der Waals surface area contributed by atoms with Crippen LogP contribution in [0.15, 0.2) is 84.9 Å². The Morgan fingerprint density at radius 1 is 0.893 bits per heavy atom. The minimum Gasteiger partial charge on any atom is -0.457 e. The summed E-state index contributed by atoms with van der Waals surface area (Å²) >= 11 is 0. The summed E-state index contributed by atoms with van der Waals surface area (Å²) in [6.07, 6.45) is 0. The van der Waals surface area contributed by atoms with E-state index in [1.807, 2.05) is 84.9 Å². The SMILES string of the molecule is CC1(c2ccc(Oc3ccccc3)cc2)OC(=P)N(Nc2ccccc2)C1=O. The van der Waals surface area contributed by atoms with Crippen molar-refractivity contribution in [2.45, 2.75) is 12.5 Å². The van der Waals surface area contributed by atoms with Crippen molar-refractivity contribution in [2.75, 3.05) is 5.43 Å². The maximum Gasteiger partial charge on any atom is 0.284 e. The van der Waals surface area contributed by atoms with Crippen LogP contribution >= 0.6 is 8.86 Å². The molecule has 1 heterocycles. The van der Waals surface area contributed by atoms with Crippen LogP contribution in [0.5, 0.6) is 11.5 Å². The highest BCUT2D eigenvalue weighted by Gasteiger charge is 2.49. The monoisotopic (exact) mass is 390 g/mol. The van der Waals surface area contributed by atoms with Crippen LogP contribution in [-0.2, 0) is 15.1 Å². The Bertz CT molecular complexity index is 993. The number of hydrogen-bond donors (Lipinski definition) is 1. The highest BCUT2D eigenvalue weighted by atomic mass is 31.0. The zero-order valence-corrected chi connectivity index (χ0v) is 16.3. The predicted octanol–water partition coefficient (Wildman–Crippen LogP) is 4.81. The number of hydrazine groups is 1. The average molecular weight is 390 g/mol. The molecule has 1 saturated heterocycles. The lowest BCUT2D eigenvalue weighted by molar-refractivity contribution is -0.135. The molecule has 6 heteroatoms. The fraction of sp³-hybridized carbons (Fsp3) is 0.0909. The molecule has 0 saturated carbocycles. The maximum absolute atomic E-state index is 13.1. The zero-order valence-electron chi connectivity index (χ0n) is 15.3. The lowest BCUT2D eigenvalue weighted by atomic mass is 9.95. The summed E-state index contributed by atoms with van der Waals surface area (Å²) in [5, 5.41) is 1.36. The lowest BCUT2D eigenvalue weighted by Crippen LogP contribution is -2.39. The molecular formula is C22H19N2O3P. The zero-order chi connectivity index (χ0) is 19.6. The maximum atomic E-state index is 13.1. The molecule has 1 amide bonds. The van der Waals surface area contributed by atoms with Crippen molar-refractivity contribution >= 4 is 26.1 Å². The number of rotatable bonds is 5. The third-order valence-electron chi connectivity index (χ3n) is 4.51. The first kappa shape index (κ1) is 18.2. The van der Waals surface area contributed by atoms with Gasteiger partial charge in [0.05, 0.1) is 5.69 Å². The van der Waals surface area contributed by atoms with Gasteiger partial charge in [0.2, 0.25) is 0 Å². The van der Waals surface area contributed by atoms with Crippen molar-refractivity contribution in [1.29, 1.82) is 0 Å². The highest BCUT2D eigenvalue weighted by molar-refractivity contribution is 7.20. The van der Waals surface area contributed by atoms with E-state index in [9.17, 15) is 4.79 Å². The second-order valence-corrected chi connectivity index (χ2v) is 6.93. The van der Waals surface area contributed by atoms with Gasteiger partial charge in [0.25, 0.3) is 5.91 Å². The topological polar surface area (TPSA) is 50.8 Å². The van der Waals surface area contributed by atoms with E-state index < -0.39 is 5.60 Å². The van der Waals surface area contributed by atoms with Gasteiger partial charge in [0.1, 0.15) is 11.5 Å². The quantitative estimate of drug-likeness (QED) is 0.635. The van der Waals surface area contributed by atoms with Crippen LogP contribution in [0.3, 0.4) is 0 Å². The molecule has 0 aliphatic carbocycles. The Morgan fingerprint density at radius 2 is 1.46 bits per heavy atom. The van der Waals surface area contributed by atoms with E-state index in [1.54, 1.807) is 6.92 Å². The first-order valence-corrected chi connectivity index (χ1v) is 9.33. The summed E-state index contributed by atoms with van der Waals surface area (Å²) in [5.74, 6) is 1.22. The molecule has 1 aliphatic heterocycles. The molecule has 5 nitrogen and oxygen atoms in total. The molecule has 1 N–H and O–H groups in total. The first-order chi connectivity index (χ1) is 13.6. The Kier molecular flexibility index (Phi) is 4.86. The Morgan fingerprint density at radius 3 is 2.11 bits per heavy atom. The Hall–Kier alpha value is -3.14. The molecule has 1 atom stereocenters. The number of carbonyl (C=O) groups excluding carboxylic acids is 1. The number of carbonyl (C=O) groups is 1. The van der Waals surface area contributed by atoms with E-state index in [1.165, 1.54) is 5.01 Å². The van der Waals surface area contributed by atoms with Gasteiger partial charge in [-0.2, -0.15) is 5.01 Å². The number of hydrogen-bond acceptors (Lipinski definition) is 4. The number of nitrogens with zero attached hydrogens (tertiary/aromatic N) is 1. The van der Waals surface area contributed by atoms with Crippen molar-refractivity contribution in [3.63, 3.8) is 0 Å². The van der Waals surface area contributed by atoms with Gasteiger partial charge in [-0.25, -0.2) is 0 Å². The standard InChI is InChI=1S/C22H19N2O3P/c1-22(16-12-14-19(15-13-16)26-18-10-6-3-7-11-18)20(25)24(21(28)27-22)23-17-8-4-2-5-9-17/h2-15,23,28H,1H3. The molecule has 0 bridgehead atoms. The molecular weight excluding hydrogens is 371 g/mol. The largest absolute Gasteiger partial charge is 0.457 e. The van der Waals surface area contributed by atoms with Crippen LogP contribution in [-0.4, -0.2) is 16.5 Å². The van der Waals surface area contributed by atoms with E-state index in [0.717, 1.165) is 17.0 Å². The van der Waals surface area contributed by atoms with Crippen molar-refractivity contribution in [3.8, 4) is 11.5 Å². The Labute approximate surface area is 165 Å². The number of benzene rings is 3. The van der Waals surface area contributed by atoms with E-state index in [-0.39, 0.29) is 5.91 Å². The van der Waals surface area contributed by atoms with Gasteiger partial charge in [0, 0.05) is 0 Å². The molecule has 1 fully saturated rings. The molecule has 3 aromatic rings. The summed E-state index contributed by atoms with van der Waals surface area (Å²) in [7, 11) is 3.41. The van der Waals surface area contributed by atoms with Crippen molar-refractivity contribution in [1.82, 2.24) is 5.01 Å². The van der Waals surface area contributed by atoms with Crippen molar-refractivity contribution < 1.29 is 14.3 Å². The van der Waals surface area contributed by atoms with E-state index in [4.69, 9.17) is 9.47 Å². The van der Waals surface area contributed by atoms with Gasteiger partial charge in [-0.15, -0.1) is 0 Å². The summed E-state index contributed by atoms with van der Waals surface area (Å²) in [6.45, 7) is 1.75. The van der Waals surface area contributed by atoms with Gasteiger partial charge < -0.3 is 9.47 Å². The number of amides is 1. The molecule has 4 rings (SSSR count). The summed E-state index contributed by atoms with van der Waals surface area (Å²) in [6, 6.07) is 26.3. The second kappa shape index (κ2) is 7.47. The van der Waals surface area contributed by atoms with Gasteiger partial charge in [0.15, 0.2) is 11.2 Å². The molecule has 3 aromatic carbocycles. The van der Waals surface area contributed by atoms with Gasteiger partial charge in [-0.1, -0.05) is 57.4 Å². The molecule has 0 aromatic heterocycles. The second-order valence-electron chi connectivity index (χ2n) is 6.50. The van der Waals surface area contributed by atoms with Crippen LogP contribution in [0.25, 0.3) is 0 Å². The Balaban J connectivity index is 1.53. The summed E-state index contributed by atoms with van der Waals surface area (Å²) in [5.41, 5.74) is 3.73. The molecule has 1 aliphatic rings. The highest BCUT2D eigenvalue weighted by Crippen LogP contribution is 2.36. The molecule has 1 unspecified atom stereocenters. The molecule has 140 valence electrons. The van der Waals surface area contributed by atoms with Crippen LogP contribution < -0.4 is 10.2 Å². The fourth-order valence-corrected chi connectivity index (χ4v) is 3.34. The minimum absolute atomic E-state index is 0.224. The van der Waals surface area contributed by atoms with E-state index >= 15 is 0 Å². The third kappa shape index (κ3) is 3.50. The van der Waals surface area contributed by atoms with Gasteiger partial charge in [-0.3, -0.25) is 10.2 Å². The van der Waals surface area contributed by atoms with Crippen molar-refractivity contribution in [2.24, 2.45) is 0 Å². The first-order valence-electron chi connectivity index (χ1n) is 8.83. The van der Waals surface area contributed by atoms with E-state index in [2.05, 4.69) is 14.3 Å². The van der Waals surface area contributed by atoms with Gasteiger partial charge in [-0.05, 0) is 48.9 Å². The minimum atomic E-state index is -1.15. The molecule has 0 radical (unpaired) electrons. The number of ether oxygens (including phenoxy) is 2. The van der Waals surface area contributed by atoms with Crippen molar-refractivity contribution in [3.05, 3.63) is 90.5 Å². The van der Waals surface area contributed by atoms with Gasteiger partial charge >= 0.3 is 0 Å². The normalized spacial score (nSPS) is 19.0. The van der Waals surface area contributed by atoms with E-state index in [0.29, 0.717) is 11.4 Å². The summed E-state index contributed by atoms with van der Waals surface area (Å²) < 4.78 is 11.7. The van der Waals surface area contributed by atoms with Crippen LogP contribution in [0, 0.1) is 0 Å². The van der Waals surface area contributed by atoms with Crippen LogP contribution in [0.2, 0.25) is 0 Å². The number of nitrogens with one attached hydrogen (secondary N) is 1. The fourth-order valence-electron chi connectivity index (χ4n) is 2.98. The molecule has 28 heavy (non-hydrogen) atoms. The number of anilines is 1. The number of para-hydroxylation sites is 2.